The Morgan fingerprint density at radius 1 is 1.11 bits per heavy atom. The summed E-state index contributed by atoms with van der Waals surface area (Å²) in [5.74, 6) is 0.0155. The summed E-state index contributed by atoms with van der Waals surface area (Å²) in [7, 11) is 2.05. The normalized spacial score (nSPS) is 16.1. The summed E-state index contributed by atoms with van der Waals surface area (Å²) < 4.78 is 0. The first-order chi connectivity index (χ1) is 13.0. The standard InChI is InChI=1S/C23H30N2O2/c1-3-21(26)17-24-22(27)23(15-19-11-7-8-12-20(19)16-23)25(2)14-13-18-9-5-4-6-10-18/h4-12,21,26H,3,13-17H2,1-2H3,(H,24,27). The highest BCUT2D eigenvalue weighted by Gasteiger charge is 2.46. The number of amides is 1. The van der Waals surface area contributed by atoms with Crippen LogP contribution in [0.2, 0.25) is 0 Å². The molecule has 4 heteroatoms. The molecule has 27 heavy (non-hydrogen) atoms. The monoisotopic (exact) mass is 366 g/mol. The molecule has 144 valence electrons. The molecule has 0 aromatic heterocycles. The molecule has 1 aliphatic rings. The molecule has 0 saturated carbocycles. The minimum absolute atomic E-state index is 0.0155. The number of carbonyl (C=O) groups excluding carboxylic acids is 1. The first-order valence-electron chi connectivity index (χ1n) is 9.83. The average Bonchev–Trinajstić information content (AvgIpc) is 3.11. The second kappa shape index (κ2) is 8.68. The molecule has 1 amide bonds. The van der Waals surface area contributed by atoms with Gasteiger partial charge in [-0.3, -0.25) is 9.69 Å². The van der Waals surface area contributed by atoms with Crippen LogP contribution in [-0.4, -0.2) is 47.7 Å². The van der Waals surface area contributed by atoms with Crippen molar-refractivity contribution < 1.29 is 9.90 Å². The Morgan fingerprint density at radius 2 is 1.70 bits per heavy atom. The van der Waals surface area contributed by atoms with Crippen molar-refractivity contribution in [1.82, 2.24) is 10.2 Å². The van der Waals surface area contributed by atoms with E-state index in [4.69, 9.17) is 0 Å². The molecule has 2 aromatic carbocycles. The molecule has 0 saturated heterocycles. The SMILES string of the molecule is CCC(O)CNC(=O)C1(N(C)CCc2ccccc2)Cc2ccccc2C1. The largest absolute Gasteiger partial charge is 0.391 e. The van der Waals surface area contributed by atoms with Crippen molar-refractivity contribution in [1.29, 1.82) is 0 Å². The second-order valence-electron chi connectivity index (χ2n) is 7.58. The molecular weight excluding hydrogens is 336 g/mol. The molecule has 4 nitrogen and oxygen atoms in total. The van der Waals surface area contributed by atoms with Crippen LogP contribution in [0.15, 0.2) is 54.6 Å². The van der Waals surface area contributed by atoms with Crippen LogP contribution >= 0.6 is 0 Å². The van der Waals surface area contributed by atoms with Gasteiger partial charge < -0.3 is 10.4 Å². The number of carbonyl (C=O) groups is 1. The predicted octanol–water partition coefficient (Wildman–Crippen LogP) is 2.59. The Labute approximate surface area is 162 Å². The summed E-state index contributed by atoms with van der Waals surface area (Å²) in [5.41, 5.74) is 3.17. The van der Waals surface area contributed by atoms with Crippen molar-refractivity contribution in [2.75, 3.05) is 20.1 Å². The zero-order valence-electron chi connectivity index (χ0n) is 16.3. The van der Waals surface area contributed by atoms with Gasteiger partial charge >= 0.3 is 0 Å². The zero-order valence-corrected chi connectivity index (χ0v) is 16.3. The van der Waals surface area contributed by atoms with E-state index in [1.54, 1.807) is 0 Å². The summed E-state index contributed by atoms with van der Waals surface area (Å²) in [6.07, 6.45) is 2.47. The van der Waals surface area contributed by atoms with E-state index < -0.39 is 11.6 Å². The van der Waals surface area contributed by atoms with Gasteiger partial charge in [0.1, 0.15) is 5.54 Å². The number of likely N-dealkylation sites (N-methyl/N-ethyl adjacent to an activating group) is 1. The van der Waals surface area contributed by atoms with Gasteiger partial charge in [-0.2, -0.15) is 0 Å². The van der Waals surface area contributed by atoms with E-state index in [2.05, 4.69) is 46.6 Å². The number of aliphatic hydroxyl groups excluding tert-OH is 1. The van der Waals surface area contributed by atoms with Gasteiger partial charge in [-0.1, -0.05) is 61.5 Å². The molecule has 2 aromatic rings. The molecule has 0 aliphatic heterocycles. The number of benzene rings is 2. The number of nitrogens with zero attached hydrogens (tertiary/aromatic N) is 1. The van der Waals surface area contributed by atoms with Crippen molar-refractivity contribution in [3.8, 4) is 0 Å². The van der Waals surface area contributed by atoms with Gasteiger partial charge in [0.2, 0.25) is 5.91 Å². The van der Waals surface area contributed by atoms with Crippen molar-refractivity contribution in [3.05, 3.63) is 71.3 Å². The lowest BCUT2D eigenvalue weighted by atomic mass is 9.91. The number of aliphatic hydroxyl groups is 1. The third kappa shape index (κ3) is 4.40. The minimum atomic E-state index is -0.591. The lowest BCUT2D eigenvalue weighted by molar-refractivity contribution is -0.133. The highest BCUT2D eigenvalue weighted by molar-refractivity contribution is 5.88. The molecule has 3 rings (SSSR count). The smallest absolute Gasteiger partial charge is 0.241 e. The number of hydrogen-bond acceptors (Lipinski definition) is 3. The molecule has 1 aliphatic carbocycles. The zero-order chi connectivity index (χ0) is 19.3. The maximum absolute atomic E-state index is 13.2. The highest BCUT2D eigenvalue weighted by Crippen LogP contribution is 2.34. The number of fused-ring (bicyclic) bond motifs is 1. The fourth-order valence-corrected chi connectivity index (χ4v) is 3.87. The van der Waals surface area contributed by atoms with E-state index in [1.165, 1.54) is 16.7 Å². The molecular formula is C23H30N2O2. The van der Waals surface area contributed by atoms with Crippen LogP contribution in [0, 0.1) is 0 Å². The van der Waals surface area contributed by atoms with Crippen LogP contribution in [0.1, 0.15) is 30.0 Å². The average molecular weight is 367 g/mol. The minimum Gasteiger partial charge on any atom is -0.391 e. The highest BCUT2D eigenvalue weighted by atomic mass is 16.3. The first kappa shape index (κ1) is 19.6. The molecule has 0 spiro atoms. The summed E-state index contributed by atoms with van der Waals surface area (Å²) >= 11 is 0. The molecule has 0 bridgehead atoms. The Morgan fingerprint density at radius 3 is 2.30 bits per heavy atom. The van der Waals surface area contributed by atoms with Gasteiger partial charge in [-0.25, -0.2) is 0 Å². The van der Waals surface area contributed by atoms with Gasteiger partial charge in [-0.15, -0.1) is 0 Å². The van der Waals surface area contributed by atoms with Crippen molar-refractivity contribution >= 4 is 5.91 Å². The molecule has 0 radical (unpaired) electrons. The third-order valence-electron chi connectivity index (χ3n) is 5.79. The van der Waals surface area contributed by atoms with Crippen LogP contribution in [0.3, 0.4) is 0 Å². The number of rotatable bonds is 8. The lowest BCUT2D eigenvalue weighted by Gasteiger charge is -2.37. The molecule has 1 unspecified atom stereocenters. The van der Waals surface area contributed by atoms with Crippen molar-refractivity contribution in [2.45, 2.75) is 44.2 Å². The molecule has 1 atom stereocenters. The third-order valence-corrected chi connectivity index (χ3v) is 5.79. The van der Waals surface area contributed by atoms with E-state index in [-0.39, 0.29) is 5.91 Å². The summed E-state index contributed by atoms with van der Waals surface area (Å²) in [6, 6.07) is 18.7. The lowest BCUT2D eigenvalue weighted by Crippen LogP contribution is -2.59. The quantitative estimate of drug-likeness (QED) is 0.755. The van der Waals surface area contributed by atoms with Crippen LogP contribution in [0.4, 0.5) is 0 Å². The van der Waals surface area contributed by atoms with Gasteiger partial charge in [0.05, 0.1) is 6.10 Å². The number of hydrogen-bond donors (Lipinski definition) is 2. The van der Waals surface area contributed by atoms with Crippen LogP contribution in [0.5, 0.6) is 0 Å². The van der Waals surface area contributed by atoms with E-state index >= 15 is 0 Å². The summed E-state index contributed by atoms with van der Waals surface area (Å²) in [5, 5.41) is 12.9. The first-order valence-corrected chi connectivity index (χ1v) is 9.83. The van der Waals surface area contributed by atoms with Crippen molar-refractivity contribution in [2.24, 2.45) is 0 Å². The van der Waals surface area contributed by atoms with Crippen LogP contribution < -0.4 is 5.32 Å². The topological polar surface area (TPSA) is 52.6 Å². The van der Waals surface area contributed by atoms with Crippen LogP contribution in [-0.2, 0) is 24.1 Å². The van der Waals surface area contributed by atoms with E-state index in [1.807, 2.05) is 32.2 Å². The Kier molecular flexibility index (Phi) is 6.30. The van der Waals surface area contributed by atoms with Crippen molar-refractivity contribution in [3.63, 3.8) is 0 Å². The summed E-state index contributed by atoms with van der Waals surface area (Å²) in [4.78, 5) is 15.4. The van der Waals surface area contributed by atoms with Gasteiger partial charge in [-0.05, 0) is 36.6 Å². The molecule has 0 heterocycles. The molecule has 0 fully saturated rings. The van der Waals surface area contributed by atoms with E-state index in [9.17, 15) is 9.90 Å². The fourth-order valence-electron chi connectivity index (χ4n) is 3.87. The van der Waals surface area contributed by atoms with Crippen LogP contribution in [0.25, 0.3) is 0 Å². The Hall–Kier alpha value is -2.17. The number of nitrogens with one attached hydrogen (secondary N) is 1. The molecule has 2 N–H and O–H groups in total. The van der Waals surface area contributed by atoms with Gasteiger partial charge in [0.25, 0.3) is 0 Å². The second-order valence-corrected chi connectivity index (χ2v) is 7.58. The van der Waals surface area contributed by atoms with Gasteiger partial charge in [0, 0.05) is 25.9 Å². The maximum atomic E-state index is 13.2. The Bertz CT molecular complexity index is 735. The van der Waals surface area contributed by atoms with Gasteiger partial charge in [0.15, 0.2) is 0 Å². The van der Waals surface area contributed by atoms with E-state index in [0.29, 0.717) is 25.8 Å². The van der Waals surface area contributed by atoms with E-state index in [0.717, 1.165) is 13.0 Å². The maximum Gasteiger partial charge on any atom is 0.241 e. The Balaban J connectivity index is 1.77. The fraction of sp³-hybridized carbons (Fsp3) is 0.435. The summed E-state index contributed by atoms with van der Waals surface area (Å²) in [6.45, 7) is 3.03. The predicted molar refractivity (Wildman–Crippen MR) is 109 cm³/mol.